The monoisotopic (exact) mass is 306 g/mol. The van der Waals surface area contributed by atoms with Crippen molar-refractivity contribution >= 4 is 11.9 Å². The molecular weight excluding hydrogens is 280 g/mol. The first-order valence-electron chi connectivity index (χ1n) is 8.23. The molecule has 0 fully saturated rings. The molecule has 0 N–H and O–H groups in total. The van der Waals surface area contributed by atoms with Crippen LogP contribution in [0.2, 0.25) is 0 Å². The fourth-order valence-electron chi connectivity index (χ4n) is 2.47. The summed E-state index contributed by atoms with van der Waals surface area (Å²) < 4.78 is 0. The third kappa shape index (κ3) is 5.21. The molecule has 2 rings (SSSR count). The molecule has 0 spiro atoms. The third-order valence-corrected chi connectivity index (χ3v) is 4.00. The SMILES string of the molecule is CC(/C=C/c1ccc(C(C)(C)C)cc1)CC(=O)c1ccccc1. The van der Waals surface area contributed by atoms with Crippen LogP contribution in [0.15, 0.2) is 60.7 Å². The molecule has 0 heterocycles. The smallest absolute Gasteiger partial charge is 0.163 e. The van der Waals surface area contributed by atoms with Crippen LogP contribution in [-0.4, -0.2) is 5.78 Å². The quantitative estimate of drug-likeness (QED) is 0.628. The van der Waals surface area contributed by atoms with Crippen molar-refractivity contribution in [2.24, 2.45) is 5.92 Å². The van der Waals surface area contributed by atoms with E-state index in [9.17, 15) is 4.79 Å². The number of hydrogen-bond acceptors (Lipinski definition) is 1. The zero-order valence-corrected chi connectivity index (χ0v) is 14.5. The van der Waals surface area contributed by atoms with Gasteiger partial charge in [-0.25, -0.2) is 0 Å². The van der Waals surface area contributed by atoms with Crippen molar-refractivity contribution in [2.75, 3.05) is 0 Å². The van der Waals surface area contributed by atoms with Gasteiger partial charge >= 0.3 is 0 Å². The summed E-state index contributed by atoms with van der Waals surface area (Å²) in [5.41, 5.74) is 3.48. The zero-order chi connectivity index (χ0) is 16.9. The van der Waals surface area contributed by atoms with E-state index in [1.165, 1.54) is 11.1 Å². The third-order valence-electron chi connectivity index (χ3n) is 4.00. The average Bonchev–Trinajstić information content (AvgIpc) is 2.53. The maximum absolute atomic E-state index is 12.2. The number of hydrogen-bond donors (Lipinski definition) is 0. The predicted molar refractivity (Wildman–Crippen MR) is 98.7 cm³/mol. The second-order valence-electron chi connectivity index (χ2n) is 7.20. The first kappa shape index (κ1) is 17.2. The van der Waals surface area contributed by atoms with Crippen LogP contribution in [0.3, 0.4) is 0 Å². The van der Waals surface area contributed by atoms with E-state index >= 15 is 0 Å². The summed E-state index contributed by atoms with van der Waals surface area (Å²) in [5, 5.41) is 0. The Morgan fingerprint density at radius 2 is 1.61 bits per heavy atom. The van der Waals surface area contributed by atoms with Gasteiger partial charge in [-0.1, -0.05) is 94.4 Å². The number of allylic oxidation sites excluding steroid dienone is 1. The highest BCUT2D eigenvalue weighted by Crippen LogP contribution is 2.22. The zero-order valence-electron chi connectivity index (χ0n) is 14.5. The molecule has 1 atom stereocenters. The molecule has 2 aromatic rings. The molecule has 0 saturated heterocycles. The van der Waals surface area contributed by atoms with Crippen LogP contribution in [0.25, 0.3) is 6.08 Å². The minimum atomic E-state index is 0.178. The first-order valence-corrected chi connectivity index (χ1v) is 8.23. The van der Waals surface area contributed by atoms with E-state index in [0.29, 0.717) is 6.42 Å². The summed E-state index contributed by atoms with van der Waals surface area (Å²) in [7, 11) is 0. The van der Waals surface area contributed by atoms with E-state index in [1.54, 1.807) is 0 Å². The minimum Gasteiger partial charge on any atom is -0.294 e. The number of carbonyl (C=O) groups is 1. The second-order valence-corrected chi connectivity index (χ2v) is 7.20. The number of ketones is 1. The molecular formula is C22H26O. The summed E-state index contributed by atoms with van der Waals surface area (Å²) in [5.74, 6) is 0.427. The van der Waals surface area contributed by atoms with Crippen LogP contribution >= 0.6 is 0 Å². The van der Waals surface area contributed by atoms with Crippen molar-refractivity contribution in [2.45, 2.75) is 39.5 Å². The maximum atomic E-state index is 12.2. The van der Waals surface area contributed by atoms with Gasteiger partial charge in [0.05, 0.1) is 0 Å². The summed E-state index contributed by atoms with van der Waals surface area (Å²) in [6.45, 7) is 8.74. The van der Waals surface area contributed by atoms with E-state index in [-0.39, 0.29) is 17.1 Å². The Morgan fingerprint density at radius 1 is 1.00 bits per heavy atom. The van der Waals surface area contributed by atoms with Gasteiger partial charge in [0.2, 0.25) is 0 Å². The Hall–Kier alpha value is -2.15. The summed E-state index contributed by atoms with van der Waals surface area (Å²) in [6, 6.07) is 18.1. The summed E-state index contributed by atoms with van der Waals surface area (Å²) in [4.78, 5) is 12.2. The molecule has 0 aromatic heterocycles. The van der Waals surface area contributed by atoms with Gasteiger partial charge in [0.1, 0.15) is 0 Å². The Bertz CT molecular complexity index is 657. The fourth-order valence-corrected chi connectivity index (χ4v) is 2.47. The Morgan fingerprint density at radius 3 is 2.17 bits per heavy atom. The van der Waals surface area contributed by atoms with Crippen LogP contribution in [0.5, 0.6) is 0 Å². The van der Waals surface area contributed by atoms with Crippen molar-refractivity contribution < 1.29 is 4.79 Å². The highest BCUT2D eigenvalue weighted by atomic mass is 16.1. The topological polar surface area (TPSA) is 17.1 Å². The lowest BCUT2D eigenvalue weighted by Gasteiger charge is -2.18. The highest BCUT2D eigenvalue weighted by molar-refractivity contribution is 5.96. The lowest BCUT2D eigenvalue weighted by molar-refractivity contribution is 0.0972. The van der Waals surface area contributed by atoms with Crippen molar-refractivity contribution in [3.05, 3.63) is 77.4 Å². The largest absolute Gasteiger partial charge is 0.294 e. The molecule has 0 aliphatic rings. The average molecular weight is 306 g/mol. The fraction of sp³-hybridized carbons (Fsp3) is 0.318. The van der Waals surface area contributed by atoms with Gasteiger partial charge in [0.15, 0.2) is 5.78 Å². The summed E-state index contributed by atoms with van der Waals surface area (Å²) in [6.07, 6.45) is 4.77. The van der Waals surface area contributed by atoms with Gasteiger partial charge < -0.3 is 0 Å². The van der Waals surface area contributed by atoms with Crippen LogP contribution in [-0.2, 0) is 5.41 Å². The van der Waals surface area contributed by atoms with Crippen molar-refractivity contribution in [1.82, 2.24) is 0 Å². The predicted octanol–water partition coefficient (Wildman–Crippen LogP) is 5.91. The van der Waals surface area contributed by atoms with Crippen LogP contribution in [0.1, 0.15) is 55.6 Å². The van der Waals surface area contributed by atoms with Crippen molar-refractivity contribution in [3.8, 4) is 0 Å². The molecule has 0 amide bonds. The summed E-state index contributed by atoms with van der Waals surface area (Å²) >= 11 is 0. The van der Waals surface area contributed by atoms with E-state index in [4.69, 9.17) is 0 Å². The molecule has 23 heavy (non-hydrogen) atoms. The van der Waals surface area contributed by atoms with E-state index in [2.05, 4.69) is 64.1 Å². The standard InChI is InChI=1S/C22H26O/c1-17(16-21(23)19-8-6-5-7-9-19)10-11-18-12-14-20(15-13-18)22(2,3)4/h5-15,17H,16H2,1-4H3/b11-10+. The maximum Gasteiger partial charge on any atom is 0.163 e. The second kappa shape index (κ2) is 7.41. The molecule has 0 radical (unpaired) electrons. The van der Waals surface area contributed by atoms with Crippen LogP contribution in [0.4, 0.5) is 0 Å². The molecule has 0 aliphatic carbocycles. The lowest BCUT2D eigenvalue weighted by Crippen LogP contribution is -2.10. The van der Waals surface area contributed by atoms with Crippen LogP contribution in [0, 0.1) is 5.92 Å². The Kier molecular flexibility index (Phi) is 5.54. The molecule has 2 aromatic carbocycles. The van der Waals surface area contributed by atoms with Crippen LogP contribution < -0.4 is 0 Å². The lowest BCUT2D eigenvalue weighted by atomic mass is 9.86. The van der Waals surface area contributed by atoms with Gasteiger partial charge in [-0.3, -0.25) is 4.79 Å². The van der Waals surface area contributed by atoms with Crippen molar-refractivity contribution in [3.63, 3.8) is 0 Å². The van der Waals surface area contributed by atoms with Gasteiger partial charge in [-0.15, -0.1) is 0 Å². The molecule has 1 nitrogen and oxygen atoms in total. The van der Waals surface area contributed by atoms with Gasteiger partial charge in [-0.05, 0) is 22.5 Å². The normalized spacial score (nSPS) is 13.2. The molecule has 0 bridgehead atoms. The van der Waals surface area contributed by atoms with E-state index < -0.39 is 0 Å². The number of benzene rings is 2. The van der Waals surface area contributed by atoms with Crippen molar-refractivity contribution in [1.29, 1.82) is 0 Å². The van der Waals surface area contributed by atoms with E-state index in [1.807, 2.05) is 30.3 Å². The number of carbonyl (C=O) groups excluding carboxylic acids is 1. The van der Waals surface area contributed by atoms with E-state index in [0.717, 1.165) is 5.56 Å². The van der Waals surface area contributed by atoms with Gasteiger partial charge in [0, 0.05) is 12.0 Å². The highest BCUT2D eigenvalue weighted by Gasteiger charge is 2.12. The molecule has 0 saturated carbocycles. The van der Waals surface area contributed by atoms with Gasteiger partial charge in [-0.2, -0.15) is 0 Å². The number of Topliss-reactive ketones (excluding diaryl/α,β-unsaturated/α-hetero) is 1. The van der Waals surface area contributed by atoms with Gasteiger partial charge in [0.25, 0.3) is 0 Å². The Labute approximate surface area is 140 Å². The molecule has 1 unspecified atom stereocenters. The minimum absolute atomic E-state index is 0.178. The Balaban J connectivity index is 1.96. The molecule has 120 valence electrons. The number of rotatable bonds is 5. The molecule has 0 aliphatic heterocycles. The molecule has 1 heteroatoms. The first-order chi connectivity index (χ1) is 10.9.